The van der Waals surface area contributed by atoms with Crippen LogP contribution < -0.4 is 5.01 Å². The third-order valence-electron chi connectivity index (χ3n) is 3.05. The Balaban J connectivity index is 2.12. The highest BCUT2D eigenvalue weighted by molar-refractivity contribution is 9.10. The lowest BCUT2D eigenvalue weighted by Crippen LogP contribution is -2.44. The Labute approximate surface area is 119 Å². The molecule has 0 bridgehead atoms. The van der Waals surface area contributed by atoms with Crippen molar-refractivity contribution < 1.29 is 4.74 Å². The van der Waals surface area contributed by atoms with Crippen LogP contribution >= 0.6 is 27.5 Å². The molecule has 0 atom stereocenters. The SMILES string of the molecule is ClCc1nc2cc(Br)ccc2n1N1CCOCC1. The summed E-state index contributed by atoms with van der Waals surface area (Å²) in [6.07, 6.45) is 0. The number of hydrogen-bond donors (Lipinski definition) is 0. The number of nitrogens with zero attached hydrogens (tertiary/aromatic N) is 3. The topological polar surface area (TPSA) is 30.3 Å². The molecule has 0 N–H and O–H groups in total. The van der Waals surface area contributed by atoms with Gasteiger partial charge in [0, 0.05) is 4.47 Å². The van der Waals surface area contributed by atoms with E-state index in [1.165, 1.54) is 0 Å². The lowest BCUT2D eigenvalue weighted by Gasteiger charge is -2.31. The molecule has 96 valence electrons. The number of morpholine rings is 1. The minimum atomic E-state index is 0.406. The van der Waals surface area contributed by atoms with E-state index in [2.05, 4.69) is 36.7 Å². The van der Waals surface area contributed by atoms with Crippen LogP contribution in [0.15, 0.2) is 22.7 Å². The van der Waals surface area contributed by atoms with Crippen molar-refractivity contribution in [1.82, 2.24) is 9.66 Å². The molecule has 0 saturated carbocycles. The zero-order valence-electron chi connectivity index (χ0n) is 9.77. The predicted octanol–water partition coefficient (Wildman–Crippen LogP) is 2.51. The molecule has 18 heavy (non-hydrogen) atoms. The third kappa shape index (κ3) is 2.11. The highest BCUT2D eigenvalue weighted by Gasteiger charge is 2.18. The van der Waals surface area contributed by atoms with Gasteiger partial charge in [0.25, 0.3) is 0 Å². The summed E-state index contributed by atoms with van der Waals surface area (Å²) in [7, 11) is 0. The molecule has 2 aromatic rings. The molecule has 0 radical (unpaired) electrons. The van der Waals surface area contributed by atoms with Crippen LogP contribution in [0.4, 0.5) is 0 Å². The lowest BCUT2D eigenvalue weighted by atomic mass is 10.3. The maximum Gasteiger partial charge on any atom is 0.143 e. The summed E-state index contributed by atoms with van der Waals surface area (Å²) in [4.78, 5) is 4.59. The maximum absolute atomic E-state index is 6.01. The molecule has 0 spiro atoms. The molecule has 6 heteroatoms. The van der Waals surface area contributed by atoms with Crippen LogP contribution in [-0.4, -0.2) is 36.0 Å². The summed E-state index contributed by atoms with van der Waals surface area (Å²) in [5.74, 6) is 1.29. The first-order valence-corrected chi connectivity index (χ1v) is 7.18. The van der Waals surface area contributed by atoms with Gasteiger partial charge in [-0.3, -0.25) is 0 Å². The zero-order valence-corrected chi connectivity index (χ0v) is 12.1. The largest absolute Gasteiger partial charge is 0.378 e. The maximum atomic E-state index is 6.01. The Morgan fingerprint density at radius 2 is 2.11 bits per heavy atom. The number of benzene rings is 1. The van der Waals surface area contributed by atoms with Crippen LogP contribution in [0.5, 0.6) is 0 Å². The van der Waals surface area contributed by atoms with Gasteiger partial charge in [0.15, 0.2) is 0 Å². The molecule has 0 aliphatic carbocycles. The van der Waals surface area contributed by atoms with Gasteiger partial charge in [0.2, 0.25) is 0 Å². The van der Waals surface area contributed by atoms with Crippen molar-refractivity contribution in [3.05, 3.63) is 28.5 Å². The van der Waals surface area contributed by atoms with Gasteiger partial charge in [-0.25, -0.2) is 9.66 Å². The first-order chi connectivity index (χ1) is 8.79. The van der Waals surface area contributed by atoms with Gasteiger partial charge < -0.3 is 9.75 Å². The van der Waals surface area contributed by atoms with Crippen LogP contribution in [0, 0.1) is 0 Å². The number of hydrogen-bond acceptors (Lipinski definition) is 3. The fourth-order valence-electron chi connectivity index (χ4n) is 2.25. The standard InChI is InChI=1S/C12H13BrClN3O/c13-9-1-2-11-10(7-9)15-12(8-14)17(11)16-3-5-18-6-4-16/h1-2,7H,3-6,8H2. The number of imidazole rings is 1. The van der Waals surface area contributed by atoms with E-state index in [0.29, 0.717) is 5.88 Å². The van der Waals surface area contributed by atoms with Gasteiger partial charge >= 0.3 is 0 Å². The predicted molar refractivity (Wildman–Crippen MR) is 75.8 cm³/mol. The van der Waals surface area contributed by atoms with Gasteiger partial charge in [-0.15, -0.1) is 11.6 Å². The smallest absolute Gasteiger partial charge is 0.143 e. The normalized spacial score (nSPS) is 16.4. The monoisotopic (exact) mass is 329 g/mol. The molecule has 1 aromatic heterocycles. The Morgan fingerprint density at radius 3 is 2.83 bits per heavy atom. The first kappa shape index (κ1) is 12.3. The molecule has 4 nitrogen and oxygen atoms in total. The molecular formula is C12H13BrClN3O. The van der Waals surface area contributed by atoms with Crippen molar-refractivity contribution in [1.29, 1.82) is 0 Å². The fraction of sp³-hybridized carbons (Fsp3) is 0.417. The van der Waals surface area contributed by atoms with E-state index in [0.717, 1.165) is 47.6 Å². The number of rotatable bonds is 2. The number of fused-ring (bicyclic) bond motifs is 1. The van der Waals surface area contributed by atoms with Crippen LogP contribution in [0.25, 0.3) is 11.0 Å². The van der Waals surface area contributed by atoms with E-state index in [4.69, 9.17) is 16.3 Å². The fourth-order valence-corrected chi connectivity index (χ4v) is 2.77. The Kier molecular flexibility index (Phi) is 3.46. The van der Waals surface area contributed by atoms with Crippen molar-refractivity contribution in [3.63, 3.8) is 0 Å². The van der Waals surface area contributed by atoms with Gasteiger partial charge in [-0.1, -0.05) is 15.9 Å². The molecule has 2 heterocycles. The molecule has 3 rings (SSSR count). The van der Waals surface area contributed by atoms with Gasteiger partial charge in [-0.2, -0.15) is 0 Å². The van der Waals surface area contributed by atoms with Gasteiger partial charge in [0.1, 0.15) is 5.82 Å². The molecule has 0 unspecified atom stereocenters. The summed E-state index contributed by atoms with van der Waals surface area (Å²) in [5.41, 5.74) is 2.06. The first-order valence-electron chi connectivity index (χ1n) is 5.85. The molecule has 1 aliphatic heterocycles. The Bertz CT molecular complexity index is 566. The highest BCUT2D eigenvalue weighted by Crippen LogP contribution is 2.22. The summed E-state index contributed by atoms with van der Waals surface area (Å²) in [5, 5.41) is 2.24. The average molecular weight is 331 g/mol. The van der Waals surface area contributed by atoms with Crippen LogP contribution in [-0.2, 0) is 10.6 Å². The molecule has 1 aromatic carbocycles. The number of halogens is 2. The number of ether oxygens (including phenoxy) is 1. The van der Waals surface area contributed by atoms with Crippen molar-refractivity contribution in [2.75, 3.05) is 31.3 Å². The van der Waals surface area contributed by atoms with Crippen LogP contribution in [0.2, 0.25) is 0 Å². The zero-order chi connectivity index (χ0) is 12.5. The molecule has 0 amide bonds. The molecule has 1 saturated heterocycles. The van der Waals surface area contributed by atoms with Crippen molar-refractivity contribution in [3.8, 4) is 0 Å². The van der Waals surface area contributed by atoms with Crippen LogP contribution in [0.3, 0.4) is 0 Å². The second-order valence-electron chi connectivity index (χ2n) is 4.17. The average Bonchev–Trinajstić information content (AvgIpc) is 2.77. The molecule has 1 fully saturated rings. The van der Waals surface area contributed by atoms with Crippen LogP contribution in [0.1, 0.15) is 5.82 Å². The number of alkyl halides is 1. The molecular weight excluding hydrogens is 318 g/mol. The second kappa shape index (κ2) is 5.07. The van der Waals surface area contributed by atoms with E-state index < -0.39 is 0 Å². The van der Waals surface area contributed by atoms with Gasteiger partial charge in [-0.05, 0) is 18.2 Å². The van der Waals surface area contributed by atoms with Crippen molar-refractivity contribution in [2.24, 2.45) is 0 Å². The van der Waals surface area contributed by atoms with Crippen molar-refractivity contribution >= 4 is 38.6 Å². The summed E-state index contributed by atoms with van der Waals surface area (Å²) in [6, 6.07) is 6.11. The van der Waals surface area contributed by atoms with E-state index in [1.807, 2.05) is 12.1 Å². The van der Waals surface area contributed by atoms with Gasteiger partial charge in [0.05, 0.1) is 43.2 Å². The second-order valence-corrected chi connectivity index (χ2v) is 5.36. The minimum Gasteiger partial charge on any atom is -0.378 e. The summed E-state index contributed by atoms with van der Waals surface area (Å²) >= 11 is 9.48. The molecule has 1 aliphatic rings. The lowest BCUT2D eigenvalue weighted by molar-refractivity contribution is 0.111. The Morgan fingerprint density at radius 1 is 1.33 bits per heavy atom. The highest BCUT2D eigenvalue weighted by atomic mass is 79.9. The summed E-state index contributed by atoms with van der Waals surface area (Å²) in [6.45, 7) is 3.23. The quantitative estimate of drug-likeness (QED) is 0.793. The third-order valence-corrected chi connectivity index (χ3v) is 3.78. The Hall–Kier alpha value is -0.780. The van der Waals surface area contributed by atoms with E-state index in [-0.39, 0.29) is 0 Å². The minimum absolute atomic E-state index is 0.406. The number of aromatic nitrogens is 2. The van der Waals surface area contributed by atoms with Crippen molar-refractivity contribution in [2.45, 2.75) is 5.88 Å². The summed E-state index contributed by atoms with van der Waals surface area (Å²) < 4.78 is 8.54. The van der Waals surface area contributed by atoms with E-state index in [1.54, 1.807) is 0 Å². The van der Waals surface area contributed by atoms with E-state index >= 15 is 0 Å². The van der Waals surface area contributed by atoms with E-state index in [9.17, 15) is 0 Å².